The Kier molecular flexibility index (Phi) is 4.25. The number of H-pyrrole nitrogens is 1. The first-order chi connectivity index (χ1) is 13.1. The molecule has 0 aliphatic rings. The van der Waals surface area contributed by atoms with E-state index in [2.05, 4.69) is 25.5 Å². The van der Waals surface area contributed by atoms with Gasteiger partial charge in [0.15, 0.2) is 11.5 Å². The number of pyridine rings is 1. The Morgan fingerprint density at radius 2 is 2.04 bits per heavy atom. The number of aromatic nitrogens is 6. The van der Waals surface area contributed by atoms with Crippen LogP contribution in [0.1, 0.15) is 21.7 Å². The zero-order valence-electron chi connectivity index (χ0n) is 14.6. The van der Waals surface area contributed by atoms with E-state index in [-0.39, 0.29) is 11.3 Å². The number of hydrogen-bond acceptors (Lipinski definition) is 5. The van der Waals surface area contributed by atoms with Crippen molar-refractivity contribution in [1.82, 2.24) is 29.4 Å². The number of nitrogens with zero attached hydrogens (tertiary/aromatic N) is 5. The molecular weight excluding hydrogens is 346 g/mol. The molecular formula is C18H17N7O2. The molecule has 4 aromatic heterocycles. The van der Waals surface area contributed by atoms with E-state index in [4.69, 9.17) is 0 Å². The van der Waals surface area contributed by atoms with Crippen molar-refractivity contribution in [2.24, 2.45) is 0 Å². The minimum atomic E-state index is -0.421. The lowest BCUT2D eigenvalue weighted by Gasteiger charge is -2.02. The number of rotatable bonds is 5. The number of nitrogens with one attached hydrogen (secondary N) is 2. The Morgan fingerprint density at radius 1 is 1.22 bits per heavy atom. The molecule has 0 saturated heterocycles. The van der Waals surface area contributed by atoms with Gasteiger partial charge < -0.3 is 10.3 Å². The summed E-state index contributed by atoms with van der Waals surface area (Å²) in [6, 6.07) is 7.09. The average Bonchev–Trinajstić information content (AvgIpc) is 3.28. The summed E-state index contributed by atoms with van der Waals surface area (Å²) >= 11 is 0. The van der Waals surface area contributed by atoms with Crippen LogP contribution in [0.4, 0.5) is 5.82 Å². The van der Waals surface area contributed by atoms with E-state index < -0.39 is 5.91 Å². The largest absolute Gasteiger partial charge is 0.323 e. The van der Waals surface area contributed by atoms with Crippen LogP contribution in [0.2, 0.25) is 0 Å². The summed E-state index contributed by atoms with van der Waals surface area (Å²) in [7, 11) is 0. The van der Waals surface area contributed by atoms with Crippen molar-refractivity contribution in [1.29, 1.82) is 0 Å². The second kappa shape index (κ2) is 6.87. The van der Waals surface area contributed by atoms with Crippen molar-refractivity contribution < 1.29 is 4.79 Å². The van der Waals surface area contributed by atoms with Crippen molar-refractivity contribution in [2.75, 3.05) is 5.32 Å². The summed E-state index contributed by atoms with van der Waals surface area (Å²) in [5.74, 6) is 0.00649. The molecule has 1 amide bonds. The predicted octanol–water partition coefficient (Wildman–Crippen LogP) is 1.42. The summed E-state index contributed by atoms with van der Waals surface area (Å²) in [5, 5.41) is 11.2. The highest BCUT2D eigenvalue weighted by Gasteiger charge is 2.14. The fraction of sp³-hybridized carbons (Fsp3) is 0.167. The van der Waals surface area contributed by atoms with Crippen molar-refractivity contribution in [2.45, 2.75) is 19.9 Å². The van der Waals surface area contributed by atoms with Crippen LogP contribution in [0.25, 0.3) is 5.52 Å². The fourth-order valence-corrected chi connectivity index (χ4v) is 2.76. The molecule has 0 unspecified atom stereocenters. The Bertz CT molecular complexity index is 1160. The molecule has 9 nitrogen and oxygen atoms in total. The molecule has 2 N–H and O–H groups in total. The van der Waals surface area contributed by atoms with Crippen LogP contribution in [-0.2, 0) is 13.0 Å². The fourth-order valence-electron chi connectivity index (χ4n) is 2.76. The van der Waals surface area contributed by atoms with Gasteiger partial charge in [-0.05, 0) is 31.0 Å². The highest BCUT2D eigenvalue weighted by molar-refractivity contribution is 6.03. The zero-order chi connectivity index (χ0) is 18.8. The van der Waals surface area contributed by atoms with Crippen molar-refractivity contribution in [3.8, 4) is 0 Å². The first-order valence-electron chi connectivity index (χ1n) is 8.41. The lowest BCUT2D eigenvalue weighted by Crippen LogP contribution is -2.13. The minimum Gasteiger partial charge on any atom is -0.323 e. The number of carbonyl (C=O) groups excluding carboxylic acids is 1. The molecule has 0 aromatic carbocycles. The summed E-state index contributed by atoms with van der Waals surface area (Å²) < 4.78 is 3.16. The summed E-state index contributed by atoms with van der Waals surface area (Å²) in [4.78, 5) is 31.0. The molecule has 9 heteroatoms. The van der Waals surface area contributed by atoms with E-state index in [0.717, 1.165) is 12.0 Å². The molecule has 136 valence electrons. The van der Waals surface area contributed by atoms with E-state index >= 15 is 0 Å². The molecule has 0 aliphatic heterocycles. The Labute approximate surface area is 153 Å². The number of anilines is 1. The number of aryl methyl sites for hydroxylation is 3. The molecule has 0 spiro atoms. The van der Waals surface area contributed by atoms with E-state index in [9.17, 15) is 9.59 Å². The van der Waals surface area contributed by atoms with Crippen LogP contribution < -0.4 is 10.9 Å². The zero-order valence-corrected chi connectivity index (χ0v) is 14.6. The number of aromatic amines is 1. The van der Waals surface area contributed by atoms with E-state index in [1.54, 1.807) is 42.5 Å². The molecule has 0 saturated carbocycles. The summed E-state index contributed by atoms with van der Waals surface area (Å²) in [6.45, 7) is 2.43. The van der Waals surface area contributed by atoms with Gasteiger partial charge in [-0.3, -0.25) is 19.3 Å². The molecule has 4 aromatic rings. The average molecular weight is 363 g/mol. The lowest BCUT2D eigenvalue weighted by atomic mass is 10.2. The predicted molar refractivity (Wildman–Crippen MR) is 98.7 cm³/mol. The molecule has 0 atom stereocenters. The number of carbonyl (C=O) groups is 1. The molecule has 0 radical (unpaired) electrons. The first kappa shape index (κ1) is 16.7. The maximum absolute atomic E-state index is 12.4. The third-order valence-corrected chi connectivity index (χ3v) is 4.09. The van der Waals surface area contributed by atoms with Gasteiger partial charge in [-0.1, -0.05) is 0 Å². The second-order valence-corrected chi connectivity index (χ2v) is 6.15. The van der Waals surface area contributed by atoms with Crippen molar-refractivity contribution in [3.63, 3.8) is 0 Å². The third kappa shape index (κ3) is 3.61. The van der Waals surface area contributed by atoms with Crippen LogP contribution in [0.15, 0.2) is 53.8 Å². The maximum Gasteiger partial charge on any atom is 0.277 e. The van der Waals surface area contributed by atoms with Gasteiger partial charge in [0.25, 0.3) is 11.5 Å². The van der Waals surface area contributed by atoms with E-state index in [1.165, 1.54) is 10.6 Å². The van der Waals surface area contributed by atoms with E-state index in [0.29, 0.717) is 23.6 Å². The summed E-state index contributed by atoms with van der Waals surface area (Å²) in [5.41, 5.74) is 2.00. The van der Waals surface area contributed by atoms with E-state index in [1.807, 2.05) is 12.1 Å². The number of amides is 1. The maximum atomic E-state index is 12.4. The van der Waals surface area contributed by atoms with Gasteiger partial charge in [0.05, 0.1) is 0 Å². The number of hydrogen-bond donors (Lipinski definition) is 2. The molecule has 0 aliphatic carbocycles. The topological polar surface area (TPSA) is 110 Å². The third-order valence-electron chi connectivity index (χ3n) is 4.09. The van der Waals surface area contributed by atoms with Crippen LogP contribution in [-0.4, -0.2) is 35.3 Å². The highest BCUT2D eigenvalue weighted by atomic mass is 16.2. The Morgan fingerprint density at radius 3 is 2.85 bits per heavy atom. The summed E-state index contributed by atoms with van der Waals surface area (Å²) in [6.07, 6.45) is 7.78. The molecule has 27 heavy (non-hydrogen) atoms. The van der Waals surface area contributed by atoms with Gasteiger partial charge in [0, 0.05) is 49.2 Å². The minimum absolute atomic E-state index is 0.150. The lowest BCUT2D eigenvalue weighted by molar-refractivity contribution is 0.102. The van der Waals surface area contributed by atoms with Crippen LogP contribution in [0.3, 0.4) is 0 Å². The quantitative estimate of drug-likeness (QED) is 0.557. The number of fused-ring (bicyclic) bond motifs is 1. The van der Waals surface area contributed by atoms with Gasteiger partial charge in [0.2, 0.25) is 0 Å². The van der Waals surface area contributed by atoms with Crippen LogP contribution >= 0.6 is 0 Å². The Balaban J connectivity index is 1.45. The van der Waals surface area contributed by atoms with Crippen LogP contribution in [0, 0.1) is 6.92 Å². The van der Waals surface area contributed by atoms with Crippen molar-refractivity contribution in [3.05, 3.63) is 76.4 Å². The van der Waals surface area contributed by atoms with Gasteiger partial charge >= 0.3 is 0 Å². The van der Waals surface area contributed by atoms with Gasteiger partial charge in [-0.15, -0.1) is 0 Å². The smallest absolute Gasteiger partial charge is 0.277 e. The standard InChI is InChI=1S/C18H17N7O2/c1-12-11-25-15(18(27)20-12)10-14(22-25)17(26)21-16-5-9-24(23-16)8-4-13-2-6-19-7-3-13/h2-3,5-7,9-11H,4,8H2,1H3,(H,20,27)(H,21,23,26). The van der Waals surface area contributed by atoms with Gasteiger partial charge in [-0.2, -0.15) is 10.2 Å². The van der Waals surface area contributed by atoms with Crippen LogP contribution in [0.5, 0.6) is 0 Å². The SMILES string of the molecule is Cc1cn2nc(C(=O)Nc3ccn(CCc4ccncc4)n3)cc2c(=O)[nH]1. The van der Waals surface area contributed by atoms with Gasteiger partial charge in [-0.25, -0.2) is 4.52 Å². The normalized spacial score (nSPS) is 11.0. The molecule has 0 bridgehead atoms. The molecule has 4 rings (SSSR count). The van der Waals surface area contributed by atoms with Gasteiger partial charge in [0.1, 0.15) is 5.52 Å². The molecule has 0 fully saturated rings. The first-order valence-corrected chi connectivity index (χ1v) is 8.41. The Hall–Kier alpha value is -3.75. The van der Waals surface area contributed by atoms with Crippen molar-refractivity contribution >= 4 is 17.2 Å². The highest BCUT2D eigenvalue weighted by Crippen LogP contribution is 2.08. The second-order valence-electron chi connectivity index (χ2n) is 6.15. The molecule has 4 heterocycles. The monoisotopic (exact) mass is 363 g/mol.